The van der Waals surface area contributed by atoms with Crippen molar-refractivity contribution >= 4 is 17.6 Å². The molecule has 2 aromatic heterocycles. The molecule has 152 valence electrons. The van der Waals surface area contributed by atoms with Gasteiger partial charge in [0.2, 0.25) is 0 Å². The Hall–Kier alpha value is -2.80. The fourth-order valence-electron chi connectivity index (χ4n) is 3.79. The molecule has 3 heterocycles. The number of likely N-dealkylation sites (tertiary alicyclic amines) is 1. The second-order valence-corrected chi connectivity index (χ2v) is 7.90. The van der Waals surface area contributed by atoms with Crippen molar-refractivity contribution in [3.8, 4) is 5.69 Å². The number of guanidine groups is 1. The van der Waals surface area contributed by atoms with Gasteiger partial charge in [0, 0.05) is 55.9 Å². The molecule has 4 rings (SSSR count). The summed E-state index contributed by atoms with van der Waals surface area (Å²) in [6.45, 7) is 4.89. The van der Waals surface area contributed by atoms with Crippen molar-refractivity contribution in [1.29, 1.82) is 0 Å². The lowest BCUT2D eigenvalue weighted by Crippen LogP contribution is -2.48. The number of hydrogen-bond donors (Lipinski definition) is 1. The van der Waals surface area contributed by atoms with Crippen LogP contribution in [0.4, 0.5) is 0 Å². The summed E-state index contributed by atoms with van der Waals surface area (Å²) in [5.74, 6) is 1.53. The van der Waals surface area contributed by atoms with E-state index in [0.717, 1.165) is 41.7 Å². The number of halogens is 1. The Bertz CT molecular complexity index is 946. The van der Waals surface area contributed by atoms with Crippen molar-refractivity contribution in [2.75, 3.05) is 20.1 Å². The van der Waals surface area contributed by atoms with E-state index in [4.69, 9.17) is 11.6 Å². The lowest BCUT2D eigenvalue weighted by molar-refractivity contribution is 0.189. The van der Waals surface area contributed by atoms with Crippen LogP contribution in [0.2, 0.25) is 5.02 Å². The largest absolute Gasteiger partial charge is 0.352 e. The van der Waals surface area contributed by atoms with Crippen LogP contribution < -0.4 is 5.32 Å². The van der Waals surface area contributed by atoms with E-state index in [-0.39, 0.29) is 0 Å². The molecule has 0 amide bonds. The van der Waals surface area contributed by atoms with Crippen molar-refractivity contribution in [1.82, 2.24) is 29.5 Å². The number of benzene rings is 1. The molecule has 7 nitrogen and oxygen atoms in total. The minimum Gasteiger partial charge on any atom is -0.352 e. The summed E-state index contributed by atoms with van der Waals surface area (Å²) in [6, 6.07) is 8.05. The maximum Gasteiger partial charge on any atom is 0.193 e. The minimum absolute atomic E-state index is 0.400. The first-order chi connectivity index (χ1) is 14.1. The van der Waals surface area contributed by atoms with Gasteiger partial charge in [-0.05, 0) is 36.6 Å². The van der Waals surface area contributed by atoms with E-state index in [0.29, 0.717) is 18.5 Å². The van der Waals surface area contributed by atoms with Crippen LogP contribution in [0, 0.1) is 5.92 Å². The van der Waals surface area contributed by atoms with E-state index in [9.17, 15) is 0 Å². The summed E-state index contributed by atoms with van der Waals surface area (Å²) in [5.41, 5.74) is 2.08. The van der Waals surface area contributed by atoms with Gasteiger partial charge in [-0.1, -0.05) is 18.5 Å². The van der Waals surface area contributed by atoms with Gasteiger partial charge in [0.1, 0.15) is 0 Å². The zero-order valence-electron chi connectivity index (χ0n) is 16.7. The minimum atomic E-state index is 0.400. The molecule has 1 saturated heterocycles. The number of rotatable bonds is 4. The molecule has 0 spiro atoms. The Kier molecular flexibility index (Phi) is 5.85. The van der Waals surface area contributed by atoms with Gasteiger partial charge in [-0.25, -0.2) is 9.67 Å². The van der Waals surface area contributed by atoms with Gasteiger partial charge in [0.25, 0.3) is 0 Å². The molecule has 1 aromatic carbocycles. The zero-order valence-corrected chi connectivity index (χ0v) is 17.5. The van der Waals surface area contributed by atoms with E-state index in [1.165, 1.54) is 0 Å². The fourth-order valence-corrected chi connectivity index (χ4v) is 3.92. The molecular formula is C21H26ClN7. The first kappa shape index (κ1) is 19.5. The van der Waals surface area contributed by atoms with Gasteiger partial charge in [-0.15, -0.1) is 0 Å². The number of nitrogens with one attached hydrogen (secondary N) is 1. The second kappa shape index (κ2) is 8.69. The lowest BCUT2D eigenvalue weighted by atomic mass is 9.93. The van der Waals surface area contributed by atoms with E-state index < -0.39 is 0 Å². The van der Waals surface area contributed by atoms with E-state index in [2.05, 4.69) is 36.8 Å². The van der Waals surface area contributed by atoms with Crippen molar-refractivity contribution in [3.05, 3.63) is 66.0 Å². The zero-order chi connectivity index (χ0) is 20.2. The van der Waals surface area contributed by atoms with Crippen LogP contribution in [-0.2, 0) is 6.54 Å². The van der Waals surface area contributed by atoms with Crippen LogP contribution in [0.15, 0.2) is 60.4 Å². The Labute approximate surface area is 176 Å². The van der Waals surface area contributed by atoms with Gasteiger partial charge in [-0.3, -0.25) is 4.99 Å². The normalized spacial score (nSPS) is 20.1. The number of hydrogen-bond acceptors (Lipinski definition) is 3. The van der Waals surface area contributed by atoms with Crippen molar-refractivity contribution in [2.45, 2.75) is 25.9 Å². The molecule has 0 radical (unpaired) electrons. The molecule has 1 aliphatic heterocycles. The molecular weight excluding hydrogens is 386 g/mol. The molecule has 0 saturated carbocycles. The fraction of sp³-hybridized carbons (Fsp3) is 0.381. The molecule has 2 atom stereocenters. The third-order valence-corrected chi connectivity index (χ3v) is 5.77. The summed E-state index contributed by atoms with van der Waals surface area (Å²) >= 11 is 5.97. The van der Waals surface area contributed by atoms with Gasteiger partial charge in [0.15, 0.2) is 5.96 Å². The predicted octanol–water partition coefficient (Wildman–Crippen LogP) is 3.38. The SMILES string of the molecule is CN=C(NCc1cnn(-c2ccc(Cl)cc2)c1)N1CCC(C)C(n2ccnc2)C1. The van der Waals surface area contributed by atoms with Crippen LogP contribution in [0.1, 0.15) is 24.9 Å². The number of aromatic nitrogens is 4. The maximum atomic E-state index is 5.97. The summed E-state index contributed by atoms with van der Waals surface area (Å²) in [7, 11) is 1.84. The van der Waals surface area contributed by atoms with Gasteiger partial charge < -0.3 is 14.8 Å². The molecule has 0 aliphatic carbocycles. The van der Waals surface area contributed by atoms with Crippen LogP contribution >= 0.6 is 11.6 Å². The highest BCUT2D eigenvalue weighted by molar-refractivity contribution is 6.30. The Morgan fingerprint density at radius 3 is 2.86 bits per heavy atom. The molecule has 1 N–H and O–H groups in total. The average molecular weight is 412 g/mol. The molecule has 8 heteroatoms. The quantitative estimate of drug-likeness (QED) is 0.528. The second-order valence-electron chi connectivity index (χ2n) is 7.46. The van der Waals surface area contributed by atoms with E-state index in [1.807, 2.05) is 67.1 Å². The maximum absolute atomic E-state index is 5.97. The topological polar surface area (TPSA) is 63.3 Å². The summed E-state index contributed by atoms with van der Waals surface area (Å²) in [6.07, 6.45) is 10.8. The number of piperidine rings is 1. The summed E-state index contributed by atoms with van der Waals surface area (Å²) in [4.78, 5) is 11.0. The molecule has 3 aromatic rings. The van der Waals surface area contributed by atoms with Crippen LogP contribution in [0.5, 0.6) is 0 Å². The highest BCUT2D eigenvalue weighted by Gasteiger charge is 2.28. The van der Waals surface area contributed by atoms with E-state index >= 15 is 0 Å². The molecule has 29 heavy (non-hydrogen) atoms. The highest BCUT2D eigenvalue weighted by Crippen LogP contribution is 2.27. The third kappa shape index (κ3) is 4.45. The first-order valence-electron chi connectivity index (χ1n) is 9.86. The summed E-state index contributed by atoms with van der Waals surface area (Å²) < 4.78 is 4.06. The Balaban J connectivity index is 1.39. The lowest BCUT2D eigenvalue weighted by Gasteiger charge is -2.39. The average Bonchev–Trinajstić information content (AvgIpc) is 3.42. The van der Waals surface area contributed by atoms with Gasteiger partial charge in [0.05, 0.1) is 24.3 Å². The molecule has 0 bridgehead atoms. The van der Waals surface area contributed by atoms with Crippen molar-refractivity contribution < 1.29 is 0 Å². The predicted molar refractivity (Wildman–Crippen MR) is 115 cm³/mol. The smallest absolute Gasteiger partial charge is 0.193 e. The number of nitrogens with zero attached hydrogens (tertiary/aromatic N) is 6. The molecule has 1 fully saturated rings. The first-order valence-corrected chi connectivity index (χ1v) is 10.2. The van der Waals surface area contributed by atoms with Crippen LogP contribution in [0.3, 0.4) is 0 Å². The van der Waals surface area contributed by atoms with E-state index in [1.54, 1.807) is 0 Å². The molecule has 2 unspecified atom stereocenters. The van der Waals surface area contributed by atoms with Crippen molar-refractivity contribution in [2.24, 2.45) is 10.9 Å². The monoisotopic (exact) mass is 411 g/mol. The molecule has 1 aliphatic rings. The van der Waals surface area contributed by atoms with Crippen molar-refractivity contribution in [3.63, 3.8) is 0 Å². The van der Waals surface area contributed by atoms with Gasteiger partial charge in [-0.2, -0.15) is 5.10 Å². The standard InChI is InChI=1S/C21H26ClN7/c1-16-7-9-27(14-20(16)28-10-8-24-15-28)21(23-2)25-11-17-12-26-29(13-17)19-5-3-18(22)4-6-19/h3-6,8,10,12-13,15-16,20H,7,9,11,14H2,1-2H3,(H,23,25). The Morgan fingerprint density at radius 2 is 2.14 bits per heavy atom. The summed E-state index contributed by atoms with van der Waals surface area (Å²) in [5, 5.41) is 8.66. The van der Waals surface area contributed by atoms with Crippen LogP contribution in [0.25, 0.3) is 5.69 Å². The number of imidazole rings is 1. The van der Waals surface area contributed by atoms with Gasteiger partial charge >= 0.3 is 0 Å². The third-order valence-electron chi connectivity index (χ3n) is 5.52. The van der Waals surface area contributed by atoms with Crippen LogP contribution in [-0.4, -0.2) is 50.3 Å². The highest BCUT2D eigenvalue weighted by atomic mass is 35.5. The Morgan fingerprint density at radius 1 is 1.31 bits per heavy atom. The number of aliphatic imine (C=N–C) groups is 1.